The van der Waals surface area contributed by atoms with E-state index in [1.54, 1.807) is 0 Å². The first-order valence-electron chi connectivity index (χ1n) is 5.50. The third-order valence-electron chi connectivity index (χ3n) is 2.81. The van der Waals surface area contributed by atoms with E-state index in [4.69, 9.17) is 10.5 Å². The summed E-state index contributed by atoms with van der Waals surface area (Å²) >= 11 is 0. The maximum Gasteiger partial charge on any atom is 0.108 e. The molecule has 0 aromatic carbocycles. The molecule has 1 aliphatic carbocycles. The van der Waals surface area contributed by atoms with Crippen LogP contribution in [0.4, 0.5) is 0 Å². The van der Waals surface area contributed by atoms with Crippen LogP contribution in [0.25, 0.3) is 0 Å². The summed E-state index contributed by atoms with van der Waals surface area (Å²) < 4.78 is 5.60. The maximum absolute atomic E-state index is 5.88. The van der Waals surface area contributed by atoms with Crippen molar-refractivity contribution in [1.29, 1.82) is 0 Å². The van der Waals surface area contributed by atoms with Gasteiger partial charge in [-0.3, -0.25) is 0 Å². The van der Waals surface area contributed by atoms with Gasteiger partial charge in [0.15, 0.2) is 0 Å². The Balaban J connectivity index is 2.34. The number of hydrogen-bond acceptors (Lipinski definition) is 2. The smallest absolute Gasteiger partial charge is 0.108 e. The highest BCUT2D eigenvalue weighted by molar-refractivity contribution is 5.19. The minimum absolute atomic E-state index is 0.125. The zero-order chi connectivity index (χ0) is 11.5. The van der Waals surface area contributed by atoms with Crippen molar-refractivity contribution >= 4 is 0 Å². The molecule has 0 spiro atoms. The first-order chi connectivity index (χ1) is 6.94. The van der Waals surface area contributed by atoms with Crippen molar-refractivity contribution in [3.05, 3.63) is 11.3 Å². The Hall–Kier alpha value is -0.940. The van der Waals surface area contributed by atoms with Crippen molar-refractivity contribution in [2.45, 2.75) is 46.1 Å². The number of nitrogens with two attached hydrogens (primary N) is 1. The van der Waals surface area contributed by atoms with Crippen molar-refractivity contribution < 1.29 is 4.74 Å². The van der Waals surface area contributed by atoms with Crippen LogP contribution in [0.1, 0.15) is 40.5 Å². The van der Waals surface area contributed by atoms with Crippen molar-refractivity contribution in [1.82, 2.24) is 0 Å². The van der Waals surface area contributed by atoms with E-state index in [-0.39, 0.29) is 11.5 Å². The van der Waals surface area contributed by atoms with Gasteiger partial charge in [-0.15, -0.1) is 0 Å². The SMILES string of the molecule is CC(C)=C(N)C(C)C#CCOC1(C)CC1. The summed E-state index contributed by atoms with van der Waals surface area (Å²) in [7, 11) is 0. The van der Waals surface area contributed by atoms with Crippen LogP contribution in [0.5, 0.6) is 0 Å². The molecule has 1 saturated carbocycles. The molecule has 1 atom stereocenters. The van der Waals surface area contributed by atoms with E-state index >= 15 is 0 Å². The van der Waals surface area contributed by atoms with Crippen LogP contribution < -0.4 is 5.73 Å². The van der Waals surface area contributed by atoms with Gasteiger partial charge in [0.1, 0.15) is 6.61 Å². The van der Waals surface area contributed by atoms with Crippen molar-refractivity contribution in [3.63, 3.8) is 0 Å². The molecule has 0 saturated heterocycles. The highest BCUT2D eigenvalue weighted by Gasteiger charge is 2.38. The lowest BCUT2D eigenvalue weighted by atomic mass is 10.1. The van der Waals surface area contributed by atoms with Crippen molar-refractivity contribution in [2.24, 2.45) is 11.7 Å². The molecule has 2 N–H and O–H groups in total. The van der Waals surface area contributed by atoms with Gasteiger partial charge in [0.25, 0.3) is 0 Å². The molecule has 0 amide bonds. The predicted octanol–water partition coefficient (Wildman–Crippen LogP) is 2.45. The highest BCUT2D eigenvalue weighted by atomic mass is 16.5. The van der Waals surface area contributed by atoms with Gasteiger partial charge in [0, 0.05) is 5.70 Å². The topological polar surface area (TPSA) is 35.2 Å². The molecule has 0 heterocycles. The normalized spacial score (nSPS) is 18.7. The van der Waals surface area contributed by atoms with Gasteiger partial charge in [-0.1, -0.05) is 17.4 Å². The maximum atomic E-state index is 5.88. The van der Waals surface area contributed by atoms with Crippen LogP contribution >= 0.6 is 0 Å². The molecule has 0 aromatic rings. The van der Waals surface area contributed by atoms with Crippen LogP contribution in [0.15, 0.2) is 11.3 Å². The summed E-state index contributed by atoms with van der Waals surface area (Å²) in [5.74, 6) is 6.27. The Labute approximate surface area is 92.9 Å². The first-order valence-corrected chi connectivity index (χ1v) is 5.50. The van der Waals surface area contributed by atoms with E-state index in [0.29, 0.717) is 6.61 Å². The van der Waals surface area contributed by atoms with Gasteiger partial charge in [0.2, 0.25) is 0 Å². The molecular weight excluding hydrogens is 186 g/mol. The third kappa shape index (κ3) is 3.97. The van der Waals surface area contributed by atoms with Gasteiger partial charge >= 0.3 is 0 Å². The summed E-state index contributed by atoms with van der Waals surface area (Å²) in [4.78, 5) is 0. The molecule has 2 nitrogen and oxygen atoms in total. The molecule has 1 aliphatic rings. The monoisotopic (exact) mass is 207 g/mol. The average molecular weight is 207 g/mol. The zero-order valence-electron chi connectivity index (χ0n) is 10.2. The van der Waals surface area contributed by atoms with E-state index < -0.39 is 0 Å². The predicted molar refractivity (Wildman–Crippen MR) is 63.1 cm³/mol. The van der Waals surface area contributed by atoms with E-state index in [2.05, 4.69) is 18.8 Å². The average Bonchev–Trinajstić information content (AvgIpc) is 2.90. The summed E-state index contributed by atoms with van der Waals surface area (Å²) in [6.07, 6.45) is 2.33. The number of hydrogen-bond donors (Lipinski definition) is 1. The lowest BCUT2D eigenvalue weighted by Crippen LogP contribution is -2.10. The molecule has 1 unspecified atom stereocenters. The van der Waals surface area contributed by atoms with Gasteiger partial charge < -0.3 is 10.5 Å². The van der Waals surface area contributed by atoms with Crippen molar-refractivity contribution in [3.8, 4) is 11.8 Å². The molecule has 1 rings (SSSR count). The Morgan fingerprint density at radius 2 is 2.07 bits per heavy atom. The van der Waals surface area contributed by atoms with Crippen molar-refractivity contribution in [2.75, 3.05) is 6.61 Å². The summed E-state index contributed by atoms with van der Waals surface area (Å²) in [5.41, 5.74) is 8.02. The second-order valence-electron chi connectivity index (χ2n) is 4.74. The molecule has 1 fully saturated rings. The van der Waals surface area contributed by atoms with Gasteiger partial charge in [-0.05, 0) is 40.5 Å². The number of allylic oxidation sites excluding steroid dienone is 2. The Morgan fingerprint density at radius 3 is 2.53 bits per heavy atom. The fraction of sp³-hybridized carbons (Fsp3) is 0.692. The van der Waals surface area contributed by atoms with Crippen LogP contribution in [0, 0.1) is 17.8 Å². The fourth-order valence-electron chi connectivity index (χ4n) is 1.24. The molecule has 0 radical (unpaired) electrons. The zero-order valence-corrected chi connectivity index (χ0v) is 10.2. The Morgan fingerprint density at radius 1 is 1.47 bits per heavy atom. The second-order valence-corrected chi connectivity index (χ2v) is 4.74. The lowest BCUT2D eigenvalue weighted by molar-refractivity contribution is 0.0715. The van der Waals surface area contributed by atoms with E-state index in [0.717, 1.165) is 11.3 Å². The molecule has 0 aliphatic heterocycles. The molecular formula is C13H21NO. The van der Waals surface area contributed by atoms with Gasteiger partial charge in [-0.2, -0.15) is 0 Å². The van der Waals surface area contributed by atoms with Crippen LogP contribution in [0.2, 0.25) is 0 Å². The quantitative estimate of drug-likeness (QED) is 0.721. The van der Waals surface area contributed by atoms with E-state index in [1.807, 2.05) is 20.8 Å². The third-order valence-corrected chi connectivity index (χ3v) is 2.81. The van der Waals surface area contributed by atoms with Gasteiger partial charge in [-0.25, -0.2) is 0 Å². The molecule has 0 aromatic heterocycles. The van der Waals surface area contributed by atoms with E-state index in [9.17, 15) is 0 Å². The summed E-state index contributed by atoms with van der Waals surface area (Å²) in [6.45, 7) is 8.69. The first kappa shape index (κ1) is 12.1. The minimum atomic E-state index is 0.125. The fourth-order valence-corrected chi connectivity index (χ4v) is 1.24. The second kappa shape index (κ2) is 4.72. The van der Waals surface area contributed by atoms with Crippen LogP contribution in [-0.2, 0) is 4.74 Å². The summed E-state index contributed by atoms with van der Waals surface area (Å²) in [5, 5.41) is 0. The number of rotatable bonds is 3. The molecule has 15 heavy (non-hydrogen) atoms. The standard InChI is InChI=1S/C13H21NO/c1-10(2)12(14)11(3)6-5-9-15-13(4)7-8-13/h11H,7-9,14H2,1-4H3. The Kier molecular flexibility index (Phi) is 3.82. The van der Waals surface area contributed by atoms with Crippen LogP contribution in [-0.4, -0.2) is 12.2 Å². The van der Waals surface area contributed by atoms with E-state index in [1.165, 1.54) is 12.8 Å². The largest absolute Gasteiger partial charge is 0.401 e. The molecule has 84 valence electrons. The Bertz CT molecular complexity index is 311. The minimum Gasteiger partial charge on any atom is -0.401 e. The lowest BCUT2D eigenvalue weighted by Gasteiger charge is -2.07. The molecule has 2 heteroatoms. The van der Waals surface area contributed by atoms with Gasteiger partial charge in [0.05, 0.1) is 11.5 Å². The number of ether oxygens (including phenoxy) is 1. The highest BCUT2D eigenvalue weighted by Crippen LogP contribution is 2.38. The van der Waals surface area contributed by atoms with Crippen LogP contribution in [0.3, 0.4) is 0 Å². The summed E-state index contributed by atoms with van der Waals surface area (Å²) in [6, 6.07) is 0. The molecule has 0 bridgehead atoms.